The van der Waals surface area contributed by atoms with Gasteiger partial charge in [0.2, 0.25) is 0 Å². The molecule has 0 amide bonds. The molecular formula is C61H120O2. The molecule has 0 aromatic heterocycles. The molecular weight excluding hydrogens is 765 g/mol. The van der Waals surface area contributed by atoms with Gasteiger partial charge in [0.05, 0.1) is 6.61 Å². The first-order chi connectivity index (χ1) is 31.2. The average molecular weight is 886 g/mol. The maximum absolute atomic E-state index is 12.1. The fourth-order valence-electron chi connectivity index (χ4n) is 9.62. The largest absolute Gasteiger partial charge is 0.466 e. The van der Waals surface area contributed by atoms with E-state index in [-0.39, 0.29) is 5.97 Å². The zero-order valence-corrected chi connectivity index (χ0v) is 44.2. The molecule has 2 heteroatoms. The molecule has 0 unspecified atom stereocenters. The van der Waals surface area contributed by atoms with E-state index in [1.807, 2.05) is 0 Å². The van der Waals surface area contributed by atoms with Crippen molar-refractivity contribution in [3.63, 3.8) is 0 Å². The number of carbonyl (C=O) groups is 1. The summed E-state index contributed by atoms with van der Waals surface area (Å²) in [7, 11) is 0. The molecule has 0 rings (SSSR count). The predicted molar refractivity (Wildman–Crippen MR) is 285 cm³/mol. The van der Waals surface area contributed by atoms with Crippen molar-refractivity contribution in [3.8, 4) is 0 Å². The molecule has 2 nitrogen and oxygen atoms in total. The molecule has 0 atom stereocenters. The summed E-state index contributed by atoms with van der Waals surface area (Å²) in [5.41, 5.74) is 0. The summed E-state index contributed by atoms with van der Waals surface area (Å²) in [6, 6.07) is 0. The Morgan fingerprint density at radius 2 is 0.556 bits per heavy atom. The second kappa shape index (κ2) is 57.3. The lowest BCUT2D eigenvalue weighted by molar-refractivity contribution is -0.143. The van der Waals surface area contributed by atoms with Gasteiger partial charge in [0.25, 0.3) is 0 Å². The number of esters is 1. The number of unbranched alkanes of at least 4 members (excludes halogenated alkanes) is 48. The molecule has 0 saturated heterocycles. The first kappa shape index (κ1) is 62.2. The van der Waals surface area contributed by atoms with Gasteiger partial charge in [-0.2, -0.15) is 0 Å². The molecule has 0 fully saturated rings. The SMILES string of the molecule is CCCCCCCCC=CCCCCCCCCCC(=O)OCCCCCCCCCCCCCCCCCCCCCCCCCCCCCCCCCCCCCCC(C)C. The summed E-state index contributed by atoms with van der Waals surface area (Å²) >= 11 is 0. The fourth-order valence-corrected chi connectivity index (χ4v) is 9.62. The van der Waals surface area contributed by atoms with Gasteiger partial charge in [0.1, 0.15) is 0 Å². The van der Waals surface area contributed by atoms with Gasteiger partial charge in [-0.1, -0.05) is 328 Å². The van der Waals surface area contributed by atoms with E-state index in [9.17, 15) is 4.79 Å². The minimum Gasteiger partial charge on any atom is -0.466 e. The van der Waals surface area contributed by atoms with Crippen LogP contribution in [-0.4, -0.2) is 12.6 Å². The third-order valence-electron chi connectivity index (χ3n) is 14.1. The molecule has 0 heterocycles. The van der Waals surface area contributed by atoms with Gasteiger partial charge in [-0.3, -0.25) is 4.79 Å². The van der Waals surface area contributed by atoms with Crippen molar-refractivity contribution in [3.05, 3.63) is 12.2 Å². The number of rotatable bonds is 56. The van der Waals surface area contributed by atoms with Crippen molar-refractivity contribution in [2.45, 2.75) is 361 Å². The minimum atomic E-state index is 0.0270. The Bertz CT molecular complexity index is 846. The third kappa shape index (κ3) is 59.2. The molecule has 0 bridgehead atoms. The summed E-state index contributed by atoms with van der Waals surface area (Å²) in [5, 5.41) is 0. The van der Waals surface area contributed by atoms with Gasteiger partial charge < -0.3 is 4.74 Å². The monoisotopic (exact) mass is 885 g/mol. The van der Waals surface area contributed by atoms with Crippen LogP contribution in [0.3, 0.4) is 0 Å². The van der Waals surface area contributed by atoms with Crippen LogP contribution >= 0.6 is 0 Å². The standard InChI is InChI=1S/C61H120O2/c1-4-5-6-7-8-9-10-11-12-33-37-40-43-46-49-52-55-58-61(62)63-59-56-53-50-47-44-41-38-35-32-30-28-26-24-22-20-18-16-14-13-15-17-19-21-23-25-27-29-31-34-36-39-42-45-48-51-54-57-60(2)3/h11-12,60H,4-10,13-59H2,1-3H3. The van der Waals surface area contributed by atoms with Gasteiger partial charge in [-0.05, 0) is 44.4 Å². The lowest BCUT2D eigenvalue weighted by atomic mass is 10.0. The zero-order chi connectivity index (χ0) is 45.5. The Balaban J connectivity index is 3.14. The first-order valence-corrected chi connectivity index (χ1v) is 30.0. The summed E-state index contributed by atoms with van der Waals surface area (Å²) in [6.45, 7) is 7.62. The molecule has 0 aromatic carbocycles. The fraction of sp³-hybridized carbons (Fsp3) is 0.951. The summed E-state index contributed by atoms with van der Waals surface area (Å²) in [6.07, 6.45) is 78.4. The summed E-state index contributed by atoms with van der Waals surface area (Å²) in [4.78, 5) is 12.1. The van der Waals surface area contributed by atoms with Gasteiger partial charge in [-0.25, -0.2) is 0 Å². The van der Waals surface area contributed by atoms with Crippen LogP contribution < -0.4 is 0 Å². The molecule has 0 N–H and O–H groups in total. The Kier molecular flexibility index (Phi) is 56.6. The van der Waals surface area contributed by atoms with Crippen LogP contribution in [0.1, 0.15) is 361 Å². The number of hydrogen-bond donors (Lipinski definition) is 0. The van der Waals surface area contributed by atoms with Gasteiger partial charge >= 0.3 is 5.97 Å². The molecule has 0 spiro atoms. The van der Waals surface area contributed by atoms with Crippen LogP contribution in [0.5, 0.6) is 0 Å². The molecule has 0 aliphatic rings. The van der Waals surface area contributed by atoms with E-state index in [0.717, 1.165) is 18.8 Å². The number of ether oxygens (including phenoxy) is 1. The normalized spacial score (nSPS) is 11.8. The number of hydrogen-bond acceptors (Lipinski definition) is 2. The molecule has 376 valence electrons. The summed E-state index contributed by atoms with van der Waals surface area (Å²) < 4.78 is 5.50. The van der Waals surface area contributed by atoms with E-state index < -0.39 is 0 Å². The van der Waals surface area contributed by atoms with Crippen molar-refractivity contribution in [2.75, 3.05) is 6.61 Å². The van der Waals surface area contributed by atoms with E-state index in [0.29, 0.717) is 13.0 Å². The van der Waals surface area contributed by atoms with Crippen LogP contribution in [0.15, 0.2) is 12.2 Å². The highest BCUT2D eigenvalue weighted by atomic mass is 16.5. The minimum absolute atomic E-state index is 0.0270. The number of allylic oxidation sites excluding steroid dienone is 2. The topological polar surface area (TPSA) is 26.3 Å². The van der Waals surface area contributed by atoms with E-state index in [1.165, 1.54) is 321 Å². The Morgan fingerprint density at radius 3 is 0.841 bits per heavy atom. The molecule has 0 saturated carbocycles. The van der Waals surface area contributed by atoms with Crippen LogP contribution in [0.2, 0.25) is 0 Å². The third-order valence-corrected chi connectivity index (χ3v) is 14.1. The maximum atomic E-state index is 12.1. The number of carbonyl (C=O) groups excluding carboxylic acids is 1. The Hall–Kier alpha value is -0.790. The lowest BCUT2D eigenvalue weighted by Gasteiger charge is -2.06. The van der Waals surface area contributed by atoms with Crippen molar-refractivity contribution in [1.82, 2.24) is 0 Å². The molecule has 0 aliphatic heterocycles. The van der Waals surface area contributed by atoms with E-state index in [4.69, 9.17) is 4.74 Å². The molecule has 63 heavy (non-hydrogen) atoms. The quantitative estimate of drug-likeness (QED) is 0.0346. The lowest BCUT2D eigenvalue weighted by Crippen LogP contribution is -2.05. The van der Waals surface area contributed by atoms with Crippen LogP contribution in [0, 0.1) is 5.92 Å². The second-order valence-electron chi connectivity index (χ2n) is 21.2. The van der Waals surface area contributed by atoms with Crippen LogP contribution in [0.25, 0.3) is 0 Å². The zero-order valence-electron chi connectivity index (χ0n) is 44.2. The highest BCUT2D eigenvalue weighted by Gasteiger charge is 2.03. The smallest absolute Gasteiger partial charge is 0.305 e. The predicted octanol–water partition coefficient (Wildman–Crippen LogP) is 22.4. The Labute approximate surface area is 399 Å². The second-order valence-corrected chi connectivity index (χ2v) is 21.2. The van der Waals surface area contributed by atoms with Crippen molar-refractivity contribution < 1.29 is 9.53 Å². The molecule has 0 aromatic rings. The van der Waals surface area contributed by atoms with E-state index >= 15 is 0 Å². The van der Waals surface area contributed by atoms with E-state index in [2.05, 4.69) is 32.9 Å². The van der Waals surface area contributed by atoms with Gasteiger partial charge in [0, 0.05) is 6.42 Å². The van der Waals surface area contributed by atoms with Crippen LogP contribution in [0.4, 0.5) is 0 Å². The Morgan fingerprint density at radius 1 is 0.317 bits per heavy atom. The van der Waals surface area contributed by atoms with Gasteiger partial charge in [0.15, 0.2) is 0 Å². The van der Waals surface area contributed by atoms with Crippen molar-refractivity contribution >= 4 is 5.97 Å². The molecule has 0 radical (unpaired) electrons. The first-order valence-electron chi connectivity index (χ1n) is 30.0. The van der Waals surface area contributed by atoms with E-state index in [1.54, 1.807) is 0 Å². The van der Waals surface area contributed by atoms with Crippen molar-refractivity contribution in [1.29, 1.82) is 0 Å². The van der Waals surface area contributed by atoms with Crippen molar-refractivity contribution in [2.24, 2.45) is 5.92 Å². The highest BCUT2D eigenvalue weighted by molar-refractivity contribution is 5.69. The summed E-state index contributed by atoms with van der Waals surface area (Å²) in [5.74, 6) is 0.917. The van der Waals surface area contributed by atoms with Gasteiger partial charge in [-0.15, -0.1) is 0 Å². The highest BCUT2D eigenvalue weighted by Crippen LogP contribution is 2.19. The average Bonchev–Trinajstić information content (AvgIpc) is 3.28. The van der Waals surface area contributed by atoms with Crippen LogP contribution in [-0.2, 0) is 9.53 Å². The maximum Gasteiger partial charge on any atom is 0.305 e. The molecule has 0 aliphatic carbocycles.